The van der Waals surface area contributed by atoms with Gasteiger partial charge in [-0.3, -0.25) is 0 Å². The quantitative estimate of drug-likeness (QED) is 0.378. The molecule has 1 saturated heterocycles. The molecule has 0 radical (unpaired) electrons. The van der Waals surface area contributed by atoms with Crippen LogP contribution in [0.2, 0.25) is 0 Å². The molecule has 0 unspecified atom stereocenters. The zero-order valence-electron chi connectivity index (χ0n) is 15.0. The number of hydrogen-bond acceptors (Lipinski definition) is 2. The third kappa shape index (κ3) is 3.36. The van der Waals surface area contributed by atoms with Crippen LogP contribution in [-0.2, 0) is 9.47 Å². The minimum atomic E-state index is -1.81. The van der Waals surface area contributed by atoms with Crippen molar-refractivity contribution in [2.45, 2.75) is 13.2 Å². The summed E-state index contributed by atoms with van der Waals surface area (Å²) in [6.45, 7) is 2.51. The van der Waals surface area contributed by atoms with Gasteiger partial charge in [0.05, 0.1) is 18.6 Å². The highest BCUT2D eigenvalue weighted by Crippen LogP contribution is 2.35. The molecule has 1 heterocycles. The lowest BCUT2D eigenvalue weighted by atomic mass is 9.98. The summed E-state index contributed by atoms with van der Waals surface area (Å²) in [6.07, 6.45) is -1.07. The third-order valence-corrected chi connectivity index (χ3v) is 4.77. The van der Waals surface area contributed by atoms with Gasteiger partial charge in [-0.25, -0.2) is 26.3 Å². The van der Waals surface area contributed by atoms with Crippen LogP contribution in [-0.4, -0.2) is 13.2 Å². The number of hydrogen-bond donors (Lipinski definition) is 0. The van der Waals surface area contributed by atoms with Crippen molar-refractivity contribution in [1.29, 1.82) is 0 Å². The summed E-state index contributed by atoms with van der Waals surface area (Å²) in [7, 11) is 0. The highest BCUT2D eigenvalue weighted by Gasteiger charge is 2.27. The molecule has 1 fully saturated rings. The Morgan fingerprint density at radius 1 is 0.759 bits per heavy atom. The van der Waals surface area contributed by atoms with Crippen LogP contribution in [0.1, 0.15) is 18.8 Å². The average molecular weight is 412 g/mol. The second-order valence-corrected chi connectivity index (χ2v) is 6.98. The van der Waals surface area contributed by atoms with E-state index in [4.69, 9.17) is 9.47 Å². The number of benzene rings is 3. The van der Waals surface area contributed by atoms with E-state index in [0.29, 0.717) is 19.3 Å². The molecule has 2 nitrogen and oxygen atoms in total. The molecule has 0 N–H and O–H groups in total. The summed E-state index contributed by atoms with van der Waals surface area (Å²) in [6, 6.07) is 4.80. The third-order valence-electron chi connectivity index (χ3n) is 4.77. The maximum atomic E-state index is 14.7. The molecule has 1 aliphatic rings. The fourth-order valence-corrected chi connectivity index (χ4v) is 3.29. The minimum Gasteiger partial charge on any atom is -0.348 e. The van der Waals surface area contributed by atoms with Gasteiger partial charge in [0.15, 0.2) is 35.4 Å². The van der Waals surface area contributed by atoms with Crippen LogP contribution in [0, 0.1) is 40.8 Å². The molecular weight excluding hydrogens is 398 g/mol. The largest absolute Gasteiger partial charge is 0.348 e. The summed E-state index contributed by atoms with van der Waals surface area (Å²) in [4.78, 5) is 0. The monoisotopic (exact) mass is 412 g/mol. The van der Waals surface area contributed by atoms with Crippen molar-refractivity contribution >= 4 is 10.8 Å². The summed E-state index contributed by atoms with van der Waals surface area (Å²) < 4.78 is 95.2. The van der Waals surface area contributed by atoms with Crippen LogP contribution in [0.3, 0.4) is 0 Å². The summed E-state index contributed by atoms with van der Waals surface area (Å²) in [5, 5.41) is -1.10. The average Bonchev–Trinajstić information content (AvgIpc) is 2.68. The topological polar surface area (TPSA) is 18.5 Å². The Kier molecular flexibility index (Phi) is 5.00. The van der Waals surface area contributed by atoms with E-state index in [1.807, 2.05) is 6.92 Å². The smallest absolute Gasteiger partial charge is 0.195 e. The molecule has 29 heavy (non-hydrogen) atoms. The van der Waals surface area contributed by atoms with Crippen LogP contribution in [0.4, 0.5) is 26.3 Å². The summed E-state index contributed by atoms with van der Waals surface area (Å²) in [5.74, 6) is -8.67. The summed E-state index contributed by atoms with van der Waals surface area (Å²) >= 11 is 0. The van der Waals surface area contributed by atoms with Crippen molar-refractivity contribution in [3.05, 3.63) is 70.8 Å². The van der Waals surface area contributed by atoms with Gasteiger partial charge in [0.1, 0.15) is 5.82 Å². The predicted octanol–water partition coefficient (Wildman–Crippen LogP) is 6.02. The minimum absolute atomic E-state index is 0.115. The maximum absolute atomic E-state index is 14.7. The Labute approximate surface area is 161 Å². The normalized spacial score (nSPS) is 19.7. The molecule has 152 valence electrons. The second kappa shape index (κ2) is 7.35. The van der Waals surface area contributed by atoms with Crippen LogP contribution >= 0.6 is 0 Å². The summed E-state index contributed by atoms with van der Waals surface area (Å²) in [5.41, 5.74) is -0.651. The number of halogens is 6. The van der Waals surface area contributed by atoms with Gasteiger partial charge in [0.25, 0.3) is 0 Å². The fourth-order valence-electron chi connectivity index (χ4n) is 3.29. The van der Waals surface area contributed by atoms with Crippen LogP contribution in [0.15, 0.2) is 30.3 Å². The number of rotatable bonds is 2. The molecule has 0 aliphatic carbocycles. The molecule has 3 aromatic carbocycles. The molecule has 8 heteroatoms. The lowest BCUT2D eigenvalue weighted by Crippen LogP contribution is -2.25. The van der Waals surface area contributed by atoms with E-state index < -0.39 is 46.6 Å². The van der Waals surface area contributed by atoms with Crippen molar-refractivity contribution in [2.24, 2.45) is 5.92 Å². The number of fused-ring (bicyclic) bond motifs is 1. The van der Waals surface area contributed by atoms with Gasteiger partial charge >= 0.3 is 0 Å². The van der Waals surface area contributed by atoms with Gasteiger partial charge < -0.3 is 9.47 Å². The van der Waals surface area contributed by atoms with Gasteiger partial charge in [0, 0.05) is 17.0 Å². The van der Waals surface area contributed by atoms with E-state index >= 15 is 0 Å². The van der Waals surface area contributed by atoms with E-state index in [2.05, 4.69) is 0 Å². The van der Waals surface area contributed by atoms with E-state index in [-0.39, 0.29) is 28.0 Å². The van der Waals surface area contributed by atoms with Gasteiger partial charge in [-0.1, -0.05) is 19.1 Å². The molecule has 4 rings (SSSR count). The van der Waals surface area contributed by atoms with Crippen LogP contribution < -0.4 is 0 Å². The van der Waals surface area contributed by atoms with Crippen LogP contribution in [0.5, 0.6) is 0 Å². The van der Waals surface area contributed by atoms with E-state index in [9.17, 15) is 26.3 Å². The van der Waals surface area contributed by atoms with E-state index in [1.165, 1.54) is 12.1 Å². The standard InChI is InChI=1S/C21H14F6O2/c1-9-7-28-21(29-8-9)13-3-2-12(17(24)18(13)25)10-4-11-6-15(23)19(26)20(27)16(11)14(22)5-10/h2-6,9,21H,7-8H2,1H3. The van der Waals surface area contributed by atoms with E-state index in [1.54, 1.807) is 0 Å². The highest BCUT2D eigenvalue weighted by atomic mass is 19.2. The molecular formula is C21H14F6O2. The first-order chi connectivity index (χ1) is 13.8. The Hall–Kier alpha value is -2.58. The zero-order chi connectivity index (χ0) is 20.9. The molecule has 0 saturated carbocycles. The Morgan fingerprint density at radius 3 is 2.14 bits per heavy atom. The van der Waals surface area contributed by atoms with Crippen molar-refractivity contribution in [1.82, 2.24) is 0 Å². The van der Waals surface area contributed by atoms with Gasteiger partial charge in [-0.2, -0.15) is 0 Å². The molecule has 0 amide bonds. The lowest BCUT2D eigenvalue weighted by Gasteiger charge is -2.28. The predicted molar refractivity (Wildman–Crippen MR) is 92.9 cm³/mol. The molecule has 0 bridgehead atoms. The first-order valence-corrected chi connectivity index (χ1v) is 8.76. The molecule has 0 aromatic heterocycles. The first-order valence-electron chi connectivity index (χ1n) is 8.76. The highest BCUT2D eigenvalue weighted by molar-refractivity contribution is 5.88. The molecule has 3 aromatic rings. The Bertz CT molecular complexity index is 1110. The van der Waals surface area contributed by atoms with Gasteiger partial charge in [0.2, 0.25) is 0 Å². The fraction of sp³-hybridized carbons (Fsp3) is 0.238. The van der Waals surface area contributed by atoms with Crippen molar-refractivity contribution in [3.8, 4) is 11.1 Å². The maximum Gasteiger partial charge on any atom is 0.195 e. The number of ether oxygens (including phenoxy) is 2. The SMILES string of the molecule is CC1COC(c2ccc(-c3cc(F)c4c(F)c(F)c(F)cc4c3)c(F)c2F)OC1. The molecule has 0 spiro atoms. The first kappa shape index (κ1) is 19.7. The molecule has 1 aliphatic heterocycles. The van der Waals surface area contributed by atoms with Crippen molar-refractivity contribution in [2.75, 3.05) is 13.2 Å². The van der Waals surface area contributed by atoms with Crippen molar-refractivity contribution < 1.29 is 35.8 Å². The van der Waals surface area contributed by atoms with Gasteiger partial charge in [-0.05, 0) is 29.1 Å². The molecule has 0 atom stereocenters. The lowest BCUT2D eigenvalue weighted by molar-refractivity contribution is -0.203. The Morgan fingerprint density at radius 2 is 1.45 bits per heavy atom. The second-order valence-electron chi connectivity index (χ2n) is 6.98. The van der Waals surface area contributed by atoms with Crippen molar-refractivity contribution in [3.63, 3.8) is 0 Å². The Balaban J connectivity index is 1.80. The van der Waals surface area contributed by atoms with Crippen LogP contribution in [0.25, 0.3) is 21.9 Å². The van der Waals surface area contributed by atoms with E-state index in [0.717, 1.165) is 12.1 Å². The zero-order valence-corrected chi connectivity index (χ0v) is 15.0. The van der Waals surface area contributed by atoms with Gasteiger partial charge in [-0.15, -0.1) is 0 Å².